The molecule has 0 aromatic heterocycles. The molecule has 102 heavy (non-hydrogen) atoms. The predicted octanol–water partition coefficient (Wildman–Crippen LogP) is 11.0. The Morgan fingerprint density at radius 1 is 0.510 bits per heavy atom. The summed E-state index contributed by atoms with van der Waals surface area (Å²) in [5.41, 5.74) is 0. The first kappa shape index (κ1) is 93.7. The number of unbranched alkanes of at least 4 members (excludes halogenated alkanes) is 45. The maximum absolute atomic E-state index is 13.5. The van der Waals surface area contributed by atoms with E-state index in [1.807, 2.05) is 6.08 Å². The minimum absolute atomic E-state index is 0.206. The molecule has 18 atom stereocenters. The number of aliphatic hydroxyl groups is 11. The zero-order valence-electron chi connectivity index (χ0n) is 63.5. The molecule has 23 nitrogen and oxygen atoms in total. The molecule has 3 rings (SSSR count). The second-order valence-electron chi connectivity index (χ2n) is 30.0. The van der Waals surface area contributed by atoms with E-state index in [9.17, 15) is 75.7 Å². The van der Waals surface area contributed by atoms with Gasteiger partial charge in [0.2, 0.25) is 11.8 Å². The molecule has 0 spiro atoms. The second-order valence-corrected chi connectivity index (χ2v) is 30.0. The minimum Gasteiger partial charge on any atom is -0.477 e. The van der Waals surface area contributed by atoms with Gasteiger partial charge in [-0.3, -0.25) is 9.59 Å². The number of carboxylic acid groups (broad SMARTS) is 1. The summed E-state index contributed by atoms with van der Waals surface area (Å²) in [5.74, 6) is -6.13. The molecule has 0 aromatic rings. The number of aliphatic hydroxyl groups excluding tert-OH is 11. The second kappa shape index (κ2) is 58.5. The molecule has 3 fully saturated rings. The van der Waals surface area contributed by atoms with E-state index in [1.165, 1.54) is 244 Å². The Bertz CT molecular complexity index is 2080. The molecule has 0 saturated carbocycles. The lowest BCUT2D eigenvalue weighted by molar-refractivity contribution is -0.386. The van der Waals surface area contributed by atoms with Gasteiger partial charge >= 0.3 is 5.97 Å². The molecular weight excluding hydrogens is 1310 g/mol. The molecule has 0 bridgehead atoms. The number of carbonyl (C=O) groups is 3. The van der Waals surface area contributed by atoms with Crippen molar-refractivity contribution in [1.29, 1.82) is 0 Å². The van der Waals surface area contributed by atoms with Gasteiger partial charge in [0.05, 0.1) is 50.7 Å². The lowest BCUT2D eigenvalue weighted by atomic mass is 9.88. The molecule has 0 radical (unpaired) electrons. The third kappa shape index (κ3) is 38.5. The number of carbonyl (C=O) groups excluding carboxylic acids is 2. The fourth-order valence-electron chi connectivity index (χ4n) is 14.5. The average molecular weight is 1460 g/mol. The van der Waals surface area contributed by atoms with Gasteiger partial charge in [-0.15, -0.1) is 0 Å². The number of carboxylic acids is 1. The Morgan fingerprint density at radius 3 is 1.30 bits per heavy atom. The highest BCUT2D eigenvalue weighted by molar-refractivity contribution is 5.77. The van der Waals surface area contributed by atoms with Gasteiger partial charge in [-0.25, -0.2) is 4.79 Å². The van der Waals surface area contributed by atoms with E-state index < -0.39 is 155 Å². The zero-order chi connectivity index (χ0) is 74.6. The lowest BCUT2D eigenvalue weighted by Gasteiger charge is -2.50. The van der Waals surface area contributed by atoms with Crippen LogP contribution in [-0.2, 0) is 42.8 Å². The van der Waals surface area contributed by atoms with Gasteiger partial charge < -0.3 is 100 Å². The largest absolute Gasteiger partial charge is 0.477 e. The molecule has 0 aliphatic carbocycles. The van der Waals surface area contributed by atoms with E-state index in [4.69, 9.17) is 28.4 Å². The molecule has 0 aromatic carbocycles. The topological polar surface area (TPSA) is 373 Å². The van der Waals surface area contributed by atoms with Gasteiger partial charge in [0.25, 0.3) is 5.79 Å². The number of ether oxygens (including phenoxy) is 6. The highest BCUT2D eigenvalue weighted by Crippen LogP contribution is 2.39. The van der Waals surface area contributed by atoms with E-state index in [0.717, 1.165) is 51.9 Å². The van der Waals surface area contributed by atoms with Crippen molar-refractivity contribution >= 4 is 17.8 Å². The van der Waals surface area contributed by atoms with E-state index in [1.54, 1.807) is 6.08 Å². The molecule has 23 heteroatoms. The van der Waals surface area contributed by atoms with Crippen molar-refractivity contribution in [3.8, 4) is 0 Å². The van der Waals surface area contributed by atoms with Crippen molar-refractivity contribution in [3.05, 3.63) is 12.2 Å². The number of aliphatic carboxylic acids is 1. The predicted molar refractivity (Wildman–Crippen MR) is 394 cm³/mol. The Labute approximate surface area is 613 Å². The van der Waals surface area contributed by atoms with Crippen LogP contribution in [0.4, 0.5) is 0 Å². The Hall–Kier alpha value is -2.53. The van der Waals surface area contributed by atoms with Crippen molar-refractivity contribution < 1.29 is 104 Å². The standard InChI is InChI=1S/C79H148N2O21/c1-4-6-8-10-12-14-16-18-20-22-24-26-28-29-30-31-33-35-37-39-41-43-45-47-49-51-53-66(89)81-60(61(86)52-50-48-46-44-42-40-38-36-34-32-27-25-23-21-19-17-15-13-11-9-7-5-2)58-97-76-71(93)70(92)73(65(57-84)99-76)100-77-72(94)75(69(91)64(56-83)98-77)102-79(78(95)96)54-62(87)67(80-59(3)85)74(101-79)68(90)63(88)55-82/h50,52,60-65,67-77,82-84,86-88,90-94H,4-49,51,53-58H2,1-3H3,(H,80,85)(H,81,89)(H,95,96)/b52-50+. The molecule has 14 N–H and O–H groups in total. The summed E-state index contributed by atoms with van der Waals surface area (Å²) in [5, 5.41) is 136. The van der Waals surface area contributed by atoms with Crippen molar-refractivity contribution in [2.24, 2.45) is 0 Å². The Balaban J connectivity index is 1.51. The Morgan fingerprint density at radius 2 is 0.912 bits per heavy atom. The normalized spacial score (nSPS) is 26.7. The van der Waals surface area contributed by atoms with Crippen LogP contribution < -0.4 is 10.6 Å². The number of amides is 2. The molecule has 3 saturated heterocycles. The quantitative estimate of drug-likeness (QED) is 0.0199. The zero-order valence-corrected chi connectivity index (χ0v) is 63.5. The van der Waals surface area contributed by atoms with Crippen LogP contribution in [0.5, 0.6) is 0 Å². The number of hydrogen-bond donors (Lipinski definition) is 14. The van der Waals surface area contributed by atoms with E-state index in [2.05, 4.69) is 24.5 Å². The van der Waals surface area contributed by atoms with Crippen molar-refractivity contribution in [3.63, 3.8) is 0 Å². The molecular formula is C79H148N2O21. The number of hydrogen-bond acceptors (Lipinski definition) is 20. The summed E-state index contributed by atoms with van der Waals surface area (Å²) in [7, 11) is 0. The summed E-state index contributed by atoms with van der Waals surface area (Å²) in [6.45, 7) is 2.20. The highest BCUT2D eigenvalue weighted by Gasteiger charge is 2.60. The highest BCUT2D eigenvalue weighted by atomic mass is 16.8. The Kier molecular flexibility index (Phi) is 53.7. The lowest BCUT2D eigenvalue weighted by Crippen LogP contribution is -2.70. The number of nitrogens with one attached hydrogen (secondary N) is 2. The monoisotopic (exact) mass is 1460 g/mol. The van der Waals surface area contributed by atoms with Gasteiger partial charge in [0, 0.05) is 19.8 Å². The fourth-order valence-corrected chi connectivity index (χ4v) is 14.5. The van der Waals surface area contributed by atoms with E-state index in [-0.39, 0.29) is 12.3 Å². The van der Waals surface area contributed by atoms with E-state index >= 15 is 0 Å². The summed E-state index contributed by atoms with van der Waals surface area (Å²) in [6.07, 6.45) is 33.9. The van der Waals surface area contributed by atoms with Crippen LogP contribution in [0.3, 0.4) is 0 Å². The van der Waals surface area contributed by atoms with Gasteiger partial charge in [0.15, 0.2) is 12.6 Å². The summed E-state index contributed by atoms with van der Waals surface area (Å²) in [4.78, 5) is 38.7. The summed E-state index contributed by atoms with van der Waals surface area (Å²) >= 11 is 0. The van der Waals surface area contributed by atoms with Gasteiger partial charge in [0.1, 0.15) is 67.1 Å². The smallest absolute Gasteiger partial charge is 0.364 e. The molecule has 600 valence electrons. The van der Waals surface area contributed by atoms with Crippen LogP contribution in [0, 0.1) is 0 Å². The summed E-state index contributed by atoms with van der Waals surface area (Å²) in [6, 6.07) is -2.62. The maximum atomic E-state index is 13.5. The minimum atomic E-state index is -3.08. The van der Waals surface area contributed by atoms with E-state index in [0.29, 0.717) is 12.8 Å². The maximum Gasteiger partial charge on any atom is 0.364 e. The summed E-state index contributed by atoms with van der Waals surface area (Å²) < 4.78 is 34.9. The van der Waals surface area contributed by atoms with Crippen molar-refractivity contribution in [1.82, 2.24) is 10.6 Å². The molecule has 18 unspecified atom stereocenters. The first-order chi connectivity index (χ1) is 49.4. The van der Waals surface area contributed by atoms with Crippen LogP contribution in [0.25, 0.3) is 0 Å². The van der Waals surface area contributed by atoms with Gasteiger partial charge in [-0.05, 0) is 19.3 Å². The fraction of sp³-hybridized carbons (Fsp3) is 0.937. The molecule has 3 aliphatic heterocycles. The van der Waals surface area contributed by atoms with Gasteiger partial charge in [-0.1, -0.05) is 309 Å². The average Bonchev–Trinajstić information content (AvgIpc) is 0.744. The van der Waals surface area contributed by atoms with Gasteiger partial charge in [-0.2, -0.15) is 0 Å². The van der Waals surface area contributed by atoms with Crippen LogP contribution >= 0.6 is 0 Å². The third-order valence-corrected chi connectivity index (χ3v) is 21.0. The molecule has 3 heterocycles. The van der Waals surface area contributed by atoms with Crippen LogP contribution in [0.2, 0.25) is 0 Å². The van der Waals surface area contributed by atoms with Crippen LogP contribution in [0.15, 0.2) is 12.2 Å². The van der Waals surface area contributed by atoms with Crippen molar-refractivity contribution in [2.75, 3.05) is 26.4 Å². The first-order valence-corrected chi connectivity index (χ1v) is 41.1. The van der Waals surface area contributed by atoms with Crippen LogP contribution in [0.1, 0.15) is 335 Å². The number of allylic oxidation sites excluding steroid dienone is 1. The van der Waals surface area contributed by atoms with Crippen LogP contribution in [-0.4, -0.2) is 215 Å². The molecule has 3 aliphatic rings. The molecule has 2 amide bonds. The van der Waals surface area contributed by atoms with Crippen molar-refractivity contribution in [2.45, 2.75) is 445 Å². The number of rotatable bonds is 65. The SMILES string of the molecule is CCCCCCCCCCCCCCCCCCCCCC/C=C/C(O)C(COC1OC(CO)C(OC2OC(CO)C(O)C(OC3(C(=O)O)CC(O)C(NC(C)=O)C(C(O)C(O)CO)O3)C2O)C(O)C1O)NC(=O)CCCCCCCCCCCCCCCCCCCCCCCCCCCC. The first-order valence-electron chi connectivity index (χ1n) is 41.1. The third-order valence-electron chi connectivity index (χ3n) is 21.0.